The fourth-order valence-electron chi connectivity index (χ4n) is 1.18. The fourth-order valence-corrected chi connectivity index (χ4v) is 1.18. The first-order valence-corrected chi connectivity index (χ1v) is 4.20. The topological polar surface area (TPSA) is 30.7 Å². The van der Waals surface area contributed by atoms with Gasteiger partial charge in [0.25, 0.3) is 0 Å². The molecule has 0 aliphatic rings. The summed E-state index contributed by atoms with van der Waals surface area (Å²) in [7, 11) is 0. The molecule has 2 aromatic heterocycles. The third kappa shape index (κ3) is 1.59. The van der Waals surface area contributed by atoms with Crippen LogP contribution in [0.3, 0.4) is 0 Å². The molecule has 0 unspecified atom stereocenters. The molecule has 3 nitrogen and oxygen atoms in total. The normalized spacial score (nSPS) is 10.3. The lowest BCUT2D eigenvalue weighted by molar-refractivity contribution is 0.845. The number of nitrogens with zero attached hydrogens (tertiary/aromatic N) is 3. The van der Waals surface area contributed by atoms with Gasteiger partial charge in [0, 0.05) is 12.4 Å². The van der Waals surface area contributed by atoms with E-state index in [2.05, 4.69) is 10.1 Å². The van der Waals surface area contributed by atoms with Gasteiger partial charge in [-0.05, 0) is 37.1 Å². The van der Waals surface area contributed by atoms with Gasteiger partial charge in [0.05, 0.1) is 6.20 Å². The SMILES string of the molecule is Cc1ccnc(-n2cc(C)cn2)c1. The van der Waals surface area contributed by atoms with Crippen molar-refractivity contribution >= 4 is 0 Å². The van der Waals surface area contributed by atoms with Crippen molar-refractivity contribution in [3.05, 3.63) is 41.9 Å². The van der Waals surface area contributed by atoms with Crippen molar-refractivity contribution in [3.8, 4) is 5.82 Å². The summed E-state index contributed by atoms with van der Waals surface area (Å²) >= 11 is 0. The zero-order valence-corrected chi connectivity index (χ0v) is 7.73. The Morgan fingerprint density at radius 1 is 1.23 bits per heavy atom. The van der Waals surface area contributed by atoms with E-state index in [1.165, 1.54) is 5.56 Å². The molecule has 3 heteroatoms. The molecular formula is C10H11N3. The Morgan fingerprint density at radius 2 is 2.08 bits per heavy atom. The summed E-state index contributed by atoms with van der Waals surface area (Å²) in [6, 6.07) is 3.98. The first-order chi connectivity index (χ1) is 6.25. The van der Waals surface area contributed by atoms with Crippen molar-refractivity contribution in [1.29, 1.82) is 0 Å². The van der Waals surface area contributed by atoms with Crippen LogP contribution in [0.1, 0.15) is 11.1 Å². The minimum atomic E-state index is 0.869. The van der Waals surface area contributed by atoms with Crippen molar-refractivity contribution in [1.82, 2.24) is 14.8 Å². The molecule has 2 heterocycles. The van der Waals surface area contributed by atoms with E-state index in [1.807, 2.05) is 38.4 Å². The Labute approximate surface area is 77.0 Å². The molecule has 0 atom stereocenters. The molecule has 0 fully saturated rings. The molecular weight excluding hydrogens is 162 g/mol. The highest BCUT2D eigenvalue weighted by atomic mass is 15.3. The fraction of sp³-hybridized carbons (Fsp3) is 0.200. The largest absolute Gasteiger partial charge is 0.237 e. The summed E-state index contributed by atoms with van der Waals surface area (Å²) < 4.78 is 1.78. The smallest absolute Gasteiger partial charge is 0.153 e. The summed E-state index contributed by atoms with van der Waals surface area (Å²) in [4.78, 5) is 4.22. The van der Waals surface area contributed by atoms with Crippen LogP contribution in [0.4, 0.5) is 0 Å². The Bertz CT molecular complexity index is 418. The molecule has 0 saturated carbocycles. The van der Waals surface area contributed by atoms with E-state index in [1.54, 1.807) is 10.9 Å². The molecule has 0 radical (unpaired) electrons. The Hall–Kier alpha value is -1.64. The van der Waals surface area contributed by atoms with E-state index in [0.717, 1.165) is 11.4 Å². The Balaban J connectivity index is 2.46. The summed E-state index contributed by atoms with van der Waals surface area (Å²) in [6.07, 6.45) is 5.58. The standard InChI is InChI=1S/C10H11N3/c1-8-3-4-11-10(5-8)13-7-9(2)6-12-13/h3-7H,1-2H3. The van der Waals surface area contributed by atoms with E-state index >= 15 is 0 Å². The van der Waals surface area contributed by atoms with Gasteiger partial charge < -0.3 is 0 Å². The molecule has 0 aromatic carbocycles. The maximum atomic E-state index is 4.22. The van der Waals surface area contributed by atoms with Crippen molar-refractivity contribution in [2.45, 2.75) is 13.8 Å². The lowest BCUT2D eigenvalue weighted by Gasteiger charge is -1.99. The van der Waals surface area contributed by atoms with Gasteiger partial charge in [-0.25, -0.2) is 9.67 Å². The van der Waals surface area contributed by atoms with Crippen LogP contribution in [0.2, 0.25) is 0 Å². The van der Waals surface area contributed by atoms with Crippen molar-refractivity contribution in [2.75, 3.05) is 0 Å². The molecule has 0 saturated heterocycles. The van der Waals surface area contributed by atoms with Gasteiger partial charge in [-0.15, -0.1) is 0 Å². The Morgan fingerprint density at radius 3 is 2.69 bits per heavy atom. The second kappa shape index (κ2) is 3.01. The highest BCUT2D eigenvalue weighted by molar-refractivity contribution is 5.26. The molecule has 66 valence electrons. The third-order valence-corrected chi connectivity index (χ3v) is 1.85. The van der Waals surface area contributed by atoms with Crippen LogP contribution in [0.5, 0.6) is 0 Å². The van der Waals surface area contributed by atoms with E-state index in [0.29, 0.717) is 0 Å². The summed E-state index contributed by atoms with van der Waals surface area (Å²) in [6.45, 7) is 4.06. The predicted octanol–water partition coefficient (Wildman–Crippen LogP) is 1.88. The average Bonchev–Trinajstić information content (AvgIpc) is 2.52. The van der Waals surface area contributed by atoms with Gasteiger partial charge in [-0.2, -0.15) is 5.10 Å². The van der Waals surface area contributed by atoms with Gasteiger partial charge in [0.15, 0.2) is 5.82 Å². The second-order valence-corrected chi connectivity index (χ2v) is 3.15. The van der Waals surface area contributed by atoms with Crippen LogP contribution in [-0.2, 0) is 0 Å². The number of aryl methyl sites for hydroxylation is 2. The molecule has 0 spiro atoms. The van der Waals surface area contributed by atoms with Gasteiger partial charge in [-0.1, -0.05) is 0 Å². The van der Waals surface area contributed by atoms with E-state index in [9.17, 15) is 0 Å². The van der Waals surface area contributed by atoms with Gasteiger partial charge in [-0.3, -0.25) is 0 Å². The Kier molecular flexibility index (Phi) is 1.85. The zero-order chi connectivity index (χ0) is 9.26. The van der Waals surface area contributed by atoms with Crippen molar-refractivity contribution < 1.29 is 0 Å². The molecule has 0 aliphatic heterocycles. The molecule has 0 aliphatic carbocycles. The predicted molar refractivity (Wildman–Crippen MR) is 50.8 cm³/mol. The third-order valence-electron chi connectivity index (χ3n) is 1.85. The lowest BCUT2D eigenvalue weighted by atomic mass is 10.3. The van der Waals surface area contributed by atoms with Crippen molar-refractivity contribution in [3.63, 3.8) is 0 Å². The molecule has 2 aromatic rings. The van der Waals surface area contributed by atoms with Crippen LogP contribution in [0, 0.1) is 13.8 Å². The van der Waals surface area contributed by atoms with E-state index in [-0.39, 0.29) is 0 Å². The average molecular weight is 173 g/mol. The second-order valence-electron chi connectivity index (χ2n) is 3.15. The number of pyridine rings is 1. The minimum Gasteiger partial charge on any atom is -0.237 e. The summed E-state index contributed by atoms with van der Waals surface area (Å²) in [5, 5.41) is 4.18. The number of hydrogen-bond donors (Lipinski definition) is 0. The maximum absolute atomic E-state index is 4.22. The number of aromatic nitrogens is 3. The zero-order valence-electron chi connectivity index (χ0n) is 7.73. The molecule has 0 N–H and O–H groups in total. The first-order valence-electron chi connectivity index (χ1n) is 4.20. The van der Waals surface area contributed by atoms with Crippen LogP contribution in [0.15, 0.2) is 30.7 Å². The lowest BCUT2D eigenvalue weighted by Crippen LogP contribution is -1.97. The van der Waals surface area contributed by atoms with Crippen molar-refractivity contribution in [2.24, 2.45) is 0 Å². The highest BCUT2D eigenvalue weighted by Gasteiger charge is 1.98. The van der Waals surface area contributed by atoms with Gasteiger partial charge >= 0.3 is 0 Å². The number of rotatable bonds is 1. The van der Waals surface area contributed by atoms with Gasteiger partial charge in [0.1, 0.15) is 0 Å². The van der Waals surface area contributed by atoms with Gasteiger partial charge in [0.2, 0.25) is 0 Å². The quantitative estimate of drug-likeness (QED) is 0.659. The molecule has 0 amide bonds. The summed E-state index contributed by atoms with van der Waals surface area (Å²) in [5.41, 5.74) is 2.33. The molecule has 0 bridgehead atoms. The maximum Gasteiger partial charge on any atom is 0.153 e. The monoisotopic (exact) mass is 173 g/mol. The van der Waals surface area contributed by atoms with E-state index < -0.39 is 0 Å². The minimum absolute atomic E-state index is 0.869. The number of hydrogen-bond acceptors (Lipinski definition) is 2. The van der Waals surface area contributed by atoms with E-state index in [4.69, 9.17) is 0 Å². The van der Waals surface area contributed by atoms with Crippen LogP contribution in [-0.4, -0.2) is 14.8 Å². The van der Waals surface area contributed by atoms with Crippen LogP contribution in [0.25, 0.3) is 5.82 Å². The summed E-state index contributed by atoms with van der Waals surface area (Å²) in [5.74, 6) is 0.869. The first kappa shape index (κ1) is 7.98. The highest BCUT2D eigenvalue weighted by Crippen LogP contribution is 2.06. The molecule has 2 rings (SSSR count). The van der Waals surface area contributed by atoms with Crippen LogP contribution >= 0.6 is 0 Å². The molecule has 13 heavy (non-hydrogen) atoms. The van der Waals surface area contributed by atoms with Crippen LogP contribution < -0.4 is 0 Å².